The molecule has 14 heavy (non-hydrogen) atoms. The summed E-state index contributed by atoms with van der Waals surface area (Å²) in [6.07, 6.45) is 0.767. The lowest BCUT2D eigenvalue weighted by molar-refractivity contribution is 0.137. The van der Waals surface area contributed by atoms with E-state index in [2.05, 4.69) is 10.6 Å². The molecule has 0 aromatic rings. The lowest BCUT2D eigenvalue weighted by Gasteiger charge is -2.06. The molecule has 0 bridgehead atoms. The van der Waals surface area contributed by atoms with Crippen LogP contribution in [0.5, 0.6) is 0 Å². The Labute approximate surface area is 86.9 Å². The molecule has 4 N–H and O–H groups in total. The molecule has 0 spiro atoms. The van der Waals surface area contributed by atoms with Crippen LogP contribution in [0.3, 0.4) is 0 Å². The van der Waals surface area contributed by atoms with Gasteiger partial charge in [-0.15, -0.1) is 0 Å². The molecule has 0 fully saturated rings. The minimum atomic E-state index is -1.05. The van der Waals surface area contributed by atoms with E-state index in [0.29, 0.717) is 24.9 Å². The van der Waals surface area contributed by atoms with Crippen LogP contribution in [0.1, 0.15) is 0 Å². The van der Waals surface area contributed by atoms with Gasteiger partial charge in [0.15, 0.2) is 5.17 Å². The fourth-order valence-corrected chi connectivity index (χ4v) is 0.887. The molecule has 0 atom stereocenters. The molecule has 0 saturated carbocycles. The molecule has 0 aromatic heterocycles. The van der Waals surface area contributed by atoms with Gasteiger partial charge < -0.3 is 20.5 Å². The first-order valence-corrected chi connectivity index (χ1v) is 5.30. The molecule has 0 radical (unpaired) electrons. The zero-order valence-corrected chi connectivity index (χ0v) is 8.82. The molecule has 0 aliphatic heterocycles. The predicted molar refractivity (Wildman–Crippen MR) is 56.1 cm³/mol. The summed E-state index contributed by atoms with van der Waals surface area (Å²) < 4.78 is 5.08. The van der Waals surface area contributed by atoms with Crippen molar-refractivity contribution in [3.8, 4) is 0 Å². The third-order valence-corrected chi connectivity index (χ3v) is 1.81. The van der Waals surface area contributed by atoms with Crippen molar-refractivity contribution in [2.45, 2.75) is 0 Å². The Kier molecular flexibility index (Phi) is 8.05. The smallest absolute Gasteiger partial charge is 0.404 e. The number of amides is 1. The van der Waals surface area contributed by atoms with Crippen LogP contribution in [0, 0.1) is 5.41 Å². The summed E-state index contributed by atoms with van der Waals surface area (Å²) in [5, 5.41) is 20.8. The van der Waals surface area contributed by atoms with Gasteiger partial charge in [0, 0.05) is 13.1 Å². The van der Waals surface area contributed by atoms with Crippen LogP contribution in [-0.2, 0) is 4.74 Å². The summed E-state index contributed by atoms with van der Waals surface area (Å²) >= 11 is 1.32. The predicted octanol–water partition coefficient (Wildman–Crippen LogP) is 0.158. The summed E-state index contributed by atoms with van der Waals surface area (Å²) in [4.78, 5) is 10.0. The van der Waals surface area contributed by atoms with Crippen molar-refractivity contribution in [3.05, 3.63) is 0 Å². The minimum absolute atomic E-state index is 0.287. The van der Waals surface area contributed by atoms with E-state index in [1.165, 1.54) is 11.8 Å². The van der Waals surface area contributed by atoms with E-state index in [1.807, 2.05) is 6.26 Å². The fraction of sp³-hybridized carbons (Fsp3) is 0.714. The lowest BCUT2D eigenvalue weighted by Crippen LogP contribution is -2.28. The van der Waals surface area contributed by atoms with Crippen LogP contribution >= 0.6 is 11.8 Å². The molecule has 0 heterocycles. The monoisotopic (exact) mass is 221 g/mol. The maximum atomic E-state index is 10.0. The molecule has 0 unspecified atom stereocenters. The summed E-state index contributed by atoms with van der Waals surface area (Å²) in [7, 11) is 0. The van der Waals surface area contributed by atoms with Crippen LogP contribution in [0.25, 0.3) is 0 Å². The van der Waals surface area contributed by atoms with Crippen LogP contribution < -0.4 is 10.6 Å². The highest BCUT2D eigenvalue weighted by Gasteiger charge is 1.94. The van der Waals surface area contributed by atoms with Crippen molar-refractivity contribution in [2.24, 2.45) is 0 Å². The van der Waals surface area contributed by atoms with Crippen LogP contribution in [0.2, 0.25) is 0 Å². The number of carbonyl (C=O) groups is 1. The first kappa shape index (κ1) is 13.1. The van der Waals surface area contributed by atoms with Gasteiger partial charge in [-0.1, -0.05) is 11.8 Å². The van der Waals surface area contributed by atoms with Crippen LogP contribution in [0.4, 0.5) is 4.79 Å². The third-order valence-electron chi connectivity index (χ3n) is 1.26. The van der Waals surface area contributed by atoms with Gasteiger partial charge in [-0.25, -0.2) is 4.79 Å². The minimum Gasteiger partial charge on any atom is -0.465 e. The van der Waals surface area contributed by atoms with Crippen molar-refractivity contribution in [3.63, 3.8) is 0 Å². The second-order valence-electron chi connectivity index (χ2n) is 2.30. The van der Waals surface area contributed by atoms with E-state index in [1.54, 1.807) is 0 Å². The van der Waals surface area contributed by atoms with Gasteiger partial charge in [0.1, 0.15) is 0 Å². The Balaban J connectivity index is 3.06. The Bertz CT molecular complexity index is 189. The van der Waals surface area contributed by atoms with Crippen molar-refractivity contribution in [1.29, 1.82) is 5.41 Å². The molecule has 0 aliphatic rings. The quantitative estimate of drug-likeness (QED) is 0.291. The van der Waals surface area contributed by atoms with E-state index >= 15 is 0 Å². The number of carboxylic acid groups (broad SMARTS) is 1. The van der Waals surface area contributed by atoms with Gasteiger partial charge in [-0.2, -0.15) is 0 Å². The molecule has 0 aliphatic carbocycles. The van der Waals surface area contributed by atoms with E-state index in [0.717, 1.165) is 0 Å². The molecule has 6 nitrogen and oxygen atoms in total. The lowest BCUT2D eigenvalue weighted by atomic mass is 10.6. The molecule has 0 aromatic carbocycles. The highest BCUT2D eigenvalue weighted by atomic mass is 32.2. The molecular weight excluding hydrogens is 206 g/mol. The third kappa shape index (κ3) is 9.14. The zero-order chi connectivity index (χ0) is 10.8. The normalized spacial score (nSPS) is 9.50. The summed E-state index contributed by atoms with van der Waals surface area (Å²) in [5.74, 6) is 0. The second kappa shape index (κ2) is 8.64. The Morgan fingerprint density at radius 3 is 2.50 bits per heavy atom. The summed E-state index contributed by atoms with van der Waals surface area (Å²) in [6, 6.07) is 0. The highest BCUT2D eigenvalue weighted by Crippen LogP contribution is 1.88. The SMILES string of the molecule is CSC(=N)NCCOCCNC(=O)O. The Morgan fingerprint density at radius 2 is 2.00 bits per heavy atom. The standard InChI is InChI=1S/C7H15N3O3S/c1-14-6(8)9-2-4-13-5-3-10-7(11)12/h10H,2-5H2,1H3,(H2,8,9)(H,11,12). The number of amidine groups is 1. The van der Waals surface area contributed by atoms with Crippen molar-refractivity contribution < 1.29 is 14.6 Å². The second-order valence-corrected chi connectivity index (χ2v) is 3.12. The average molecular weight is 221 g/mol. The number of hydrogen-bond donors (Lipinski definition) is 4. The number of ether oxygens (including phenoxy) is 1. The number of nitrogens with one attached hydrogen (secondary N) is 3. The van der Waals surface area contributed by atoms with Gasteiger partial charge >= 0.3 is 6.09 Å². The van der Waals surface area contributed by atoms with E-state index in [9.17, 15) is 4.79 Å². The molecule has 1 amide bonds. The number of thioether (sulfide) groups is 1. The first-order chi connectivity index (χ1) is 6.66. The van der Waals surface area contributed by atoms with Gasteiger partial charge in [0.2, 0.25) is 0 Å². The van der Waals surface area contributed by atoms with Gasteiger partial charge in [-0.05, 0) is 6.26 Å². The van der Waals surface area contributed by atoms with Crippen LogP contribution in [0.15, 0.2) is 0 Å². The van der Waals surface area contributed by atoms with Crippen molar-refractivity contribution in [1.82, 2.24) is 10.6 Å². The molecule has 0 saturated heterocycles. The largest absolute Gasteiger partial charge is 0.465 e. The van der Waals surface area contributed by atoms with Crippen molar-refractivity contribution in [2.75, 3.05) is 32.6 Å². The summed E-state index contributed by atoms with van der Waals surface area (Å²) in [6.45, 7) is 1.66. The van der Waals surface area contributed by atoms with E-state index in [4.69, 9.17) is 15.3 Å². The Morgan fingerprint density at radius 1 is 1.43 bits per heavy atom. The molecular formula is C7H15N3O3S. The maximum absolute atomic E-state index is 10.0. The van der Waals surface area contributed by atoms with Gasteiger partial charge in [-0.3, -0.25) is 5.41 Å². The highest BCUT2D eigenvalue weighted by molar-refractivity contribution is 8.13. The van der Waals surface area contributed by atoms with E-state index < -0.39 is 6.09 Å². The number of rotatable bonds is 6. The fourth-order valence-electron chi connectivity index (χ4n) is 0.641. The zero-order valence-electron chi connectivity index (χ0n) is 8.00. The molecule has 82 valence electrons. The molecule has 7 heteroatoms. The summed E-state index contributed by atoms with van der Waals surface area (Å²) in [5.41, 5.74) is 0. The van der Waals surface area contributed by atoms with Gasteiger partial charge in [0.05, 0.1) is 13.2 Å². The van der Waals surface area contributed by atoms with Crippen LogP contribution in [-0.4, -0.2) is 48.9 Å². The average Bonchev–Trinajstić information content (AvgIpc) is 2.15. The topological polar surface area (TPSA) is 94.4 Å². The molecule has 0 rings (SSSR count). The van der Waals surface area contributed by atoms with E-state index in [-0.39, 0.29) is 6.54 Å². The van der Waals surface area contributed by atoms with Gasteiger partial charge in [0.25, 0.3) is 0 Å². The first-order valence-electron chi connectivity index (χ1n) is 4.07. The maximum Gasteiger partial charge on any atom is 0.404 e. The Hall–Kier alpha value is -0.950. The van der Waals surface area contributed by atoms with Crippen molar-refractivity contribution >= 4 is 23.0 Å². The number of hydrogen-bond acceptors (Lipinski definition) is 4.